The molecule has 0 amide bonds. The first-order chi connectivity index (χ1) is 8.24. The van der Waals surface area contributed by atoms with Crippen LogP contribution in [-0.2, 0) is 9.47 Å². The minimum Gasteiger partial charge on any atom is -0.385 e. The van der Waals surface area contributed by atoms with Crippen molar-refractivity contribution in [2.45, 2.75) is 38.6 Å². The maximum absolute atomic E-state index is 6.03. The van der Waals surface area contributed by atoms with Crippen molar-refractivity contribution in [1.29, 1.82) is 0 Å². The second kappa shape index (κ2) is 12.3. The van der Waals surface area contributed by atoms with Crippen LogP contribution in [0.4, 0.5) is 0 Å². The molecular formula is C13H30N2O2. The lowest BCUT2D eigenvalue weighted by Gasteiger charge is -2.23. The van der Waals surface area contributed by atoms with E-state index < -0.39 is 0 Å². The Labute approximate surface area is 106 Å². The number of methoxy groups -OCH3 is 2. The average molecular weight is 246 g/mol. The highest BCUT2D eigenvalue weighted by molar-refractivity contribution is 4.65. The van der Waals surface area contributed by atoms with E-state index in [1.807, 2.05) is 0 Å². The van der Waals surface area contributed by atoms with Gasteiger partial charge in [0.1, 0.15) is 0 Å². The molecule has 17 heavy (non-hydrogen) atoms. The summed E-state index contributed by atoms with van der Waals surface area (Å²) in [5.74, 6) is 0. The van der Waals surface area contributed by atoms with Crippen LogP contribution in [0.15, 0.2) is 0 Å². The average Bonchev–Trinajstić information content (AvgIpc) is 2.32. The molecule has 0 heterocycles. The molecule has 1 unspecified atom stereocenters. The van der Waals surface area contributed by atoms with Gasteiger partial charge in [-0.25, -0.2) is 0 Å². The summed E-state index contributed by atoms with van der Waals surface area (Å²) in [6.07, 6.45) is 4.44. The zero-order chi connectivity index (χ0) is 12.9. The van der Waals surface area contributed by atoms with Crippen LogP contribution in [0.2, 0.25) is 0 Å². The Kier molecular flexibility index (Phi) is 12.2. The van der Waals surface area contributed by atoms with Gasteiger partial charge >= 0.3 is 0 Å². The first kappa shape index (κ1) is 16.8. The second-order valence-corrected chi connectivity index (χ2v) is 4.52. The third-order valence-electron chi connectivity index (χ3n) is 2.91. The molecule has 0 aliphatic carbocycles. The highest BCUT2D eigenvalue weighted by Crippen LogP contribution is 2.02. The molecule has 0 aliphatic rings. The van der Waals surface area contributed by atoms with E-state index in [1.54, 1.807) is 14.2 Å². The summed E-state index contributed by atoms with van der Waals surface area (Å²) < 4.78 is 10.2. The fourth-order valence-corrected chi connectivity index (χ4v) is 1.85. The second-order valence-electron chi connectivity index (χ2n) is 4.52. The summed E-state index contributed by atoms with van der Waals surface area (Å²) in [4.78, 5) is 2.41. The number of hydrogen-bond donors (Lipinski definition) is 1. The van der Waals surface area contributed by atoms with E-state index in [0.29, 0.717) is 6.04 Å². The normalized spacial score (nSPS) is 13.2. The van der Waals surface area contributed by atoms with E-state index in [2.05, 4.69) is 11.8 Å². The van der Waals surface area contributed by atoms with Gasteiger partial charge in [0.25, 0.3) is 0 Å². The molecule has 0 spiro atoms. The van der Waals surface area contributed by atoms with Gasteiger partial charge in [0, 0.05) is 40.0 Å². The van der Waals surface area contributed by atoms with Gasteiger partial charge in [-0.05, 0) is 25.8 Å². The van der Waals surface area contributed by atoms with Gasteiger partial charge in [-0.15, -0.1) is 0 Å². The number of nitrogens with two attached hydrogens (primary N) is 1. The molecule has 0 radical (unpaired) electrons. The summed E-state index contributed by atoms with van der Waals surface area (Å²) in [5, 5.41) is 0. The van der Waals surface area contributed by atoms with Gasteiger partial charge in [0.05, 0.1) is 6.61 Å². The molecule has 0 rings (SSSR count). The third kappa shape index (κ3) is 10.7. The SMILES string of the molecule is CCCC(N)CCN(CCCOC)CCOC. The van der Waals surface area contributed by atoms with Crippen LogP contribution in [0.3, 0.4) is 0 Å². The van der Waals surface area contributed by atoms with Crippen molar-refractivity contribution in [1.82, 2.24) is 4.90 Å². The number of hydrogen-bond acceptors (Lipinski definition) is 4. The molecule has 0 saturated carbocycles. The lowest BCUT2D eigenvalue weighted by Crippen LogP contribution is -2.34. The van der Waals surface area contributed by atoms with Crippen LogP contribution >= 0.6 is 0 Å². The monoisotopic (exact) mass is 246 g/mol. The Morgan fingerprint density at radius 1 is 1.00 bits per heavy atom. The summed E-state index contributed by atoms with van der Waals surface area (Å²) >= 11 is 0. The van der Waals surface area contributed by atoms with Gasteiger partial charge in [-0.3, -0.25) is 0 Å². The van der Waals surface area contributed by atoms with Crippen LogP contribution in [0.1, 0.15) is 32.6 Å². The first-order valence-electron chi connectivity index (χ1n) is 6.70. The van der Waals surface area contributed by atoms with Gasteiger partial charge in [0.15, 0.2) is 0 Å². The van der Waals surface area contributed by atoms with Crippen LogP contribution in [0.25, 0.3) is 0 Å². The molecule has 0 aromatic carbocycles. The van der Waals surface area contributed by atoms with E-state index >= 15 is 0 Å². The minimum atomic E-state index is 0.340. The van der Waals surface area contributed by atoms with Crippen molar-refractivity contribution in [3.8, 4) is 0 Å². The minimum absolute atomic E-state index is 0.340. The molecule has 104 valence electrons. The van der Waals surface area contributed by atoms with Crippen LogP contribution in [0.5, 0.6) is 0 Å². The van der Waals surface area contributed by atoms with Crippen molar-refractivity contribution in [2.24, 2.45) is 5.73 Å². The standard InChI is InChI=1S/C13H30N2O2/c1-4-6-13(14)7-9-15(10-12-17-3)8-5-11-16-2/h13H,4-12,14H2,1-3H3. The molecule has 0 aromatic rings. The van der Waals surface area contributed by atoms with E-state index in [9.17, 15) is 0 Å². The van der Waals surface area contributed by atoms with E-state index in [1.165, 1.54) is 6.42 Å². The van der Waals surface area contributed by atoms with Gasteiger partial charge in [-0.1, -0.05) is 13.3 Å². The quantitative estimate of drug-likeness (QED) is 0.530. The van der Waals surface area contributed by atoms with E-state index in [0.717, 1.165) is 52.1 Å². The summed E-state index contributed by atoms with van der Waals surface area (Å²) in [6, 6.07) is 0.340. The zero-order valence-corrected chi connectivity index (χ0v) is 11.8. The summed E-state index contributed by atoms with van der Waals surface area (Å²) in [7, 11) is 3.49. The number of nitrogens with zero attached hydrogens (tertiary/aromatic N) is 1. The van der Waals surface area contributed by atoms with Crippen molar-refractivity contribution in [3.05, 3.63) is 0 Å². The van der Waals surface area contributed by atoms with Gasteiger partial charge in [-0.2, -0.15) is 0 Å². The molecule has 0 saturated heterocycles. The van der Waals surface area contributed by atoms with Crippen LogP contribution in [-0.4, -0.2) is 58.0 Å². The molecule has 1 atom stereocenters. The number of rotatable bonds is 12. The fourth-order valence-electron chi connectivity index (χ4n) is 1.85. The first-order valence-corrected chi connectivity index (χ1v) is 6.70. The molecule has 0 aliphatic heterocycles. The molecule has 4 nitrogen and oxygen atoms in total. The lowest BCUT2D eigenvalue weighted by molar-refractivity contribution is 0.130. The molecule has 0 aromatic heterocycles. The lowest BCUT2D eigenvalue weighted by atomic mass is 10.1. The predicted molar refractivity (Wildman–Crippen MR) is 72.3 cm³/mol. The maximum Gasteiger partial charge on any atom is 0.0589 e. The smallest absolute Gasteiger partial charge is 0.0589 e. The van der Waals surface area contributed by atoms with Crippen LogP contribution in [0, 0.1) is 0 Å². The Morgan fingerprint density at radius 2 is 1.71 bits per heavy atom. The van der Waals surface area contributed by atoms with Gasteiger partial charge in [0.2, 0.25) is 0 Å². The highest BCUT2D eigenvalue weighted by atomic mass is 16.5. The predicted octanol–water partition coefficient (Wildman–Crippen LogP) is 1.49. The molecule has 4 heteroatoms. The molecular weight excluding hydrogens is 216 g/mol. The maximum atomic E-state index is 6.03. The molecule has 0 bridgehead atoms. The Balaban J connectivity index is 3.74. The zero-order valence-electron chi connectivity index (χ0n) is 11.8. The number of ether oxygens (including phenoxy) is 2. The van der Waals surface area contributed by atoms with E-state index in [4.69, 9.17) is 15.2 Å². The van der Waals surface area contributed by atoms with E-state index in [-0.39, 0.29) is 0 Å². The molecule has 0 fully saturated rings. The Hall–Kier alpha value is -0.160. The topological polar surface area (TPSA) is 47.7 Å². The largest absolute Gasteiger partial charge is 0.385 e. The Morgan fingerprint density at radius 3 is 2.29 bits per heavy atom. The summed E-state index contributed by atoms with van der Waals surface area (Å²) in [5.41, 5.74) is 6.03. The fraction of sp³-hybridized carbons (Fsp3) is 1.00. The third-order valence-corrected chi connectivity index (χ3v) is 2.91. The summed E-state index contributed by atoms with van der Waals surface area (Å²) in [6.45, 7) is 6.91. The van der Waals surface area contributed by atoms with Crippen LogP contribution < -0.4 is 5.73 Å². The van der Waals surface area contributed by atoms with Crippen molar-refractivity contribution < 1.29 is 9.47 Å². The molecule has 2 N–H and O–H groups in total. The van der Waals surface area contributed by atoms with Crippen molar-refractivity contribution in [3.63, 3.8) is 0 Å². The van der Waals surface area contributed by atoms with Crippen molar-refractivity contribution in [2.75, 3.05) is 47.1 Å². The van der Waals surface area contributed by atoms with Crippen molar-refractivity contribution >= 4 is 0 Å². The Bertz CT molecular complexity index is 156. The van der Waals surface area contributed by atoms with Gasteiger partial charge < -0.3 is 20.1 Å². The highest BCUT2D eigenvalue weighted by Gasteiger charge is 2.07.